The summed E-state index contributed by atoms with van der Waals surface area (Å²) in [5.41, 5.74) is 13.1. The van der Waals surface area contributed by atoms with E-state index in [0.717, 1.165) is 28.3 Å². The second kappa shape index (κ2) is 9.30. The Hall–Kier alpha value is -4.93. The van der Waals surface area contributed by atoms with Crippen molar-refractivity contribution < 1.29 is 4.42 Å². The summed E-state index contributed by atoms with van der Waals surface area (Å²) in [6.45, 7) is 0.0782. The highest BCUT2D eigenvalue weighted by Crippen LogP contribution is 2.44. The fourth-order valence-corrected chi connectivity index (χ4v) is 7.94. The van der Waals surface area contributed by atoms with Crippen molar-refractivity contribution in [2.24, 2.45) is 0 Å². The molecule has 0 unspecified atom stereocenters. The van der Waals surface area contributed by atoms with Gasteiger partial charge < -0.3 is 9.32 Å². The molecule has 0 amide bonds. The zero-order valence-electron chi connectivity index (χ0n) is 22.7. The number of hydrogen-bond acceptors (Lipinski definition) is 3. The maximum absolute atomic E-state index is 6.68. The van der Waals surface area contributed by atoms with Crippen LogP contribution in [0.3, 0.4) is 0 Å². The van der Waals surface area contributed by atoms with Crippen molar-refractivity contribution in [3.63, 3.8) is 0 Å². The summed E-state index contributed by atoms with van der Waals surface area (Å²) in [4.78, 5) is 4.91. The molecule has 0 bridgehead atoms. The molecular formula is C38H24BNOS. The molecule has 0 saturated heterocycles. The predicted molar refractivity (Wildman–Crippen MR) is 177 cm³/mol. The summed E-state index contributed by atoms with van der Waals surface area (Å²) in [6, 6.07) is 52.1. The zero-order chi connectivity index (χ0) is 27.6. The molecule has 0 fully saturated rings. The Balaban J connectivity index is 1.27. The van der Waals surface area contributed by atoms with E-state index in [-0.39, 0.29) is 6.71 Å². The standard InChI is InChI=1S/C38H24BNOS/c1-4-12-25(13-5-1)26-22-31-36-30-18-10-11-19-33(30)41-38(36)39-32-21-20-29(24-34(32)42-35(23-26)37(31)39)40(27-14-6-2-7-15-27)28-16-8-3-9-17-28/h1-24H. The van der Waals surface area contributed by atoms with E-state index in [9.17, 15) is 0 Å². The third-order valence-electron chi connectivity index (χ3n) is 8.51. The van der Waals surface area contributed by atoms with Gasteiger partial charge in [0.2, 0.25) is 0 Å². The Morgan fingerprint density at radius 2 is 1.21 bits per heavy atom. The molecule has 7 aromatic rings. The van der Waals surface area contributed by atoms with Crippen molar-refractivity contribution in [1.29, 1.82) is 0 Å². The summed E-state index contributed by atoms with van der Waals surface area (Å²) in [5, 5.41) is 1.19. The minimum absolute atomic E-state index is 0.0782. The lowest BCUT2D eigenvalue weighted by Gasteiger charge is -2.29. The lowest BCUT2D eigenvalue weighted by molar-refractivity contribution is 0.653. The van der Waals surface area contributed by atoms with Crippen LogP contribution in [0.4, 0.5) is 17.1 Å². The lowest BCUT2D eigenvalue weighted by Crippen LogP contribution is -2.52. The molecular weight excluding hydrogens is 529 g/mol. The third kappa shape index (κ3) is 3.55. The fourth-order valence-electron chi connectivity index (χ4n) is 6.70. The van der Waals surface area contributed by atoms with Crippen molar-refractivity contribution >= 4 is 63.1 Å². The van der Waals surface area contributed by atoms with Crippen molar-refractivity contribution in [1.82, 2.24) is 0 Å². The normalized spacial score (nSPS) is 12.6. The maximum atomic E-state index is 6.68. The molecule has 0 radical (unpaired) electrons. The SMILES string of the molecule is c1ccc(-c2cc3c4c(c2)-c2c(oc5ccccc25)B4c2ccc(N(c4ccccc4)c4ccccc4)cc2S3)cc1. The first-order chi connectivity index (χ1) is 20.8. The van der Waals surface area contributed by atoms with Crippen LogP contribution in [0.15, 0.2) is 160 Å². The molecule has 0 saturated carbocycles. The molecule has 0 N–H and O–H groups in total. The second-order valence-corrected chi connectivity index (χ2v) is 12.0. The second-order valence-electron chi connectivity index (χ2n) is 10.9. The van der Waals surface area contributed by atoms with E-state index in [1.165, 1.54) is 48.4 Å². The fraction of sp³-hybridized carbons (Fsp3) is 0. The predicted octanol–water partition coefficient (Wildman–Crippen LogP) is 8.53. The van der Waals surface area contributed by atoms with Gasteiger partial charge in [-0.2, -0.15) is 0 Å². The maximum Gasteiger partial charge on any atom is 0.291 e. The topological polar surface area (TPSA) is 16.4 Å². The van der Waals surface area contributed by atoms with Gasteiger partial charge in [0.05, 0.1) is 5.66 Å². The Labute approximate surface area is 249 Å². The molecule has 2 aliphatic rings. The third-order valence-corrected chi connectivity index (χ3v) is 9.64. The van der Waals surface area contributed by atoms with E-state index in [4.69, 9.17) is 4.42 Å². The van der Waals surface area contributed by atoms with Gasteiger partial charge in [-0.15, -0.1) is 0 Å². The van der Waals surface area contributed by atoms with Crippen LogP contribution in [0, 0.1) is 0 Å². The van der Waals surface area contributed by atoms with E-state index in [0.29, 0.717) is 0 Å². The van der Waals surface area contributed by atoms with E-state index in [2.05, 4.69) is 150 Å². The highest BCUT2D eigenvalue weighted by molar-refractivity contribution is 8.00. The van der Waals surface area contributed by atoms with Crippen molar-refractivity contribution in [2.45, 2.75) is 9.79 Å². The Morgan fingerprint density at radius 1 is 0.548 bits per heavy atom. The highest BCUT2D eigenvalue weighted by Gasteiger charge is 2.44. The van der Waals surface area contributed by atoms with Gasteiger partial charge in [-0.1, -0.05) is 108 Å². The summed E-state index contributed by atoms with van der Waals surface area (Å²) < 4.78 is 6.68. The van der Waals surface area contributed by atoms with Crippen LogP contribution in [0.25, 0.3) is 33.2 Å². The number of para-hydroxylation sites is 3. The number of anilines is 3. The summed E-state index contributed by atoms with van der Waals surface area (Å²) in [7, 11) is 0. The Morgan fingerprint density at radius 3 is 1.95 bits per heavy atom. The molecule has 2 aliphatic heterocycles. The number of rotatable bonds is 4. The largest absolute Gasteiger partial charge is 0.470 e. The van der Waals surface area contributed by atoms with Crippen molar-refractivity contribution in [3.8, 4) is 22.3 Å². The summed E-state index contributed by atoms with van der Waals surface area (Å²) >= 11 is 1.88. The van der Waals surface area contributed by atoms with Crippen LogP contribution in [-0.2, 0) is 0 Å². The van der Waals surface area contributed by atoms with E-state index in [1.54, 1.807) is 0 Å². The molecule has 6 aromatic carbocycles. The van der Waals surface area contributed by atoms with E-state index in [1.807, 2.05) is 11.8 Å². The number of nitrogens with zero attached hydrogens (tertiary/aromatic N) is 1. The minimum Gasteiger partial charge on any atom is -0.470 e. The first kappa shape index (κ1) is 23.7. The van der Waals surface area contributed by atoms with Gasteiger partial charge in [0.1, 0.15) is 5.58 Å². The smallest absolute Gasteiger partial charge is 0.291 e. The minimum atomic E-state index is 0.0782. The Kier molecular flexibility index (Phi) is 5.26. The van der Waals surface area contributed by atoms with Gasteiger partial charge in [0.15, 0.2) is 0 Å². The average Bonchev–Trinajstić information content (AvgIpc) is 3.59. The van der Waals surface area contributed by atoms with Crippen LogP contribution in [-0.4, -0.2) is 6.71 Å². The molecule has 0 aliphatic carbocycles. The van der Waals surface area contributed by atoms with Gasteiger partial charge in [0, 0.05) is 37.8 Å². The monoisotopic (exact) mass is 553 g/mol. The highest BCUT2D eigenvalue weighted by atomic mass is 32.2. The lowest BCUT2D eigenvalue weighted by atomic mass is 9.40. The number of hydrogen-bond donors (Lipinski definition) is 0. The van der Waals surface area contributed by atoms with Gasteiger partial charge in [0.25, 0.3) is 6.71 Å². The summed E-state index contributed by atoms with van der Waals surface area (Å²) in [5.74, 6) is 0. The first-order valence-corrected chi connectivity index (χ1v) is 15.1. The molecule has 196 valence electrons. The number of fused-ring (bicyclic) bond motifs is 7. The average molecular weight is 553 g/mol. The first-order valence-electron chi connectivity index (χ1n) is 14.3. The molecule has 3 heterocycles. The zero-order valence-corrected chi connectivity index (χ0v) is 23.5. The molecule has 0 atom stereocenters. The van der Waals surface area contributed by atoms with Gasteiger partial charge in [-0.25, -0.2) is 0 Å². The van der Waals surface area contributed by atoms with Crippen LogP contribution in [0.5, 0.6) is 0 Å². The molecule has 42 heavy (non-hydrogen) atoms. The molecule has 0 spiro atoms. The number of benzene rings is 6. The molecule has 1 aromatic heterocycles. The summed E-state index contributed by atoms with van der Waals surface area (Å²) in [6.07, 6.45) is 0. The van der Waals surface area contributed by atoms with Crippen LogP contribution in [0.1, 0.15) is 0 Å². The van der Waals surface area contributed by atoms with Crippen LogP contribution >= 0.6 is 11.8 Å². The van der Waals surface area contributed by atoms with Gasteiger partial charge in [-0.05, 0) is 76.8 Å². The van der Waals surface area contributed by atoms with E-state index < -0.39 is 0 Å². The molecule has 9 rings (SSSR count). The molecule has 2 nitrogen and oxygen atoms in total. The van der Waals surface area contributed by atoms with Crippen molar-refractivity contribution in [3.05, 3.63) is 146 Å². The Bertz CT molecular complexity index is 2080. The quantitative estimate of drug-likeness (QED) is 0.203. The van der Waals surface area contributed by atoms with Crippen LogP contribution in [0.2, 0.25) is 0 Å². The van der Waals surface area contributed by atoms with Gasteiger partial charge >= 0.3 is 0 Å². The van der Waals surface area contributed by atoms with Gasteiger partial charge in [-0.3, -0.25) is 0 Å². The van der Waals surface area contributed by atoms with E-state index >= 15 is 0 Å². The van der Waals surface area contributed by atoms with Crippen LogP contribution < -0.4 is 21.5 Å². The number of furan rings is 1. The van der Waals surface area contributed by atoms with Crippen molar-refractivity contribution in [2.75, 3.05) is 4.90 Å². The molecule has 4 heteroatoms.